The van der Waals surface area contributed by atoms with Gasteiger partial charge in [0.25, 0.3) is 5.91 Å². The average Bonchev–Trinajstić information content (AvgIpc) is 2.74. The molecule has 1 aromatic heterocycles. The van der Waals surface area contributed by atoms with E-state index in [1.54, 1.807) is 13.2 Å². The lowest BCUT2D eigenvalue weighted by molar-refractivity contribution is 0.0949. The zero-order valence-corrected chi connectivity index (χ0v) is 17.0. The zero-order chi connectivity index (χ0) is 20.6. The average molecular weight is 390 g/mol. The molecule has 3 rings (SSSR count). The van der Waals surface area contributed by atoms with Crippen LogP contribution >= 0.6 is 0 Å². The first-order chi connectivity index (χ1) is 14.0. The first-order valence-corrected chi connectivity index (χ1v) is 9.48. The van der Waals surface area contributed by atoms with Crippen LogP contribution in [0.25, 0.3) is 0 Å². The number of benzene rings is 2. The van der Waals surface area contributed by atoms with Crippen LogP contribution in [0.5, 0.6) is 5.75 Å². The summed E-state index contributed by atoms with van der Waals surface area (Å²) in [6.07, 6.45) is 0.741. The topological polar surface area (TPSA) is 66.5 Å². The highest BCUT2D eigenvalue weighted by Gasteiger charge is 2.08. The minimum absolute atomic E-state index is 0.191. The Kier molecular flexibility index (Phi) is 6.68. The van der Waals surface area contributed by atoms with E-state index in [1.165, 1.54) is 0 Å². The molecule has 0 aliphatic rings. The molecule has 2 aromatic carbocycles. The summed E-state index contributed by atoms with van der Waals surface area (Å²) in [5.74, 6) is 1.26. The van der Waals surface area contributed by atoms with Crippen LogP contribution < -0.4 is 20.3 Å². The van der Waals surface area contributed by atoms with Crippen molar-refractivity contribution in [3.8, 4) is 5.75 Å². The van der Waals surface area contributed by atoms with Crippen LogP contribution in [-0.2, 0) is 6.42 Å². The Morgan fingerprint density at radius 2 is 1.79 bits per heavy atom. The van der Waals surface area contributed by atoms with E-state index in [0.717, 1.165) is 29.1 Å². The van der Waals surface area contributed by atoms with E-state index < -0.39 is 0 Å². The predicted octanol–water partition coefficient (Wildman–Crippen LogP) is 3.87. The number of carbonyl (C=O) groups excluding carboxylic acids is 1. The predicted molar refractivity (Wildman–Crippen MR) is 117 cm³/mol. The van der Waals surface area contributed by atoms with Gasteiger partial charge in [-0.3, -0.25) is 4.79 Å². The van der Waals surface area contributed by atoms with Crippen molar-refractivity contribution >= 4 is 23.1 Å². The van der Waals surface area contributed by atoms with E-state index in [0.29, 0.717) is 18.1 Å². The van der Waals surface area contributed by atoms with Crippen molar-refractivity contribution in [1.29, 1.82) is 0 Å². The largest absolute Gasteiger partial charge is 0.497 e. The monoisotopic (exact) mass is 390 g/mol. The van der Waals surface area contributed by atoms with Gasteiger partial charge in [-0.1, -0.05) is 24.3 Å². The number of ether oxygens (including phenoxy) is 1. The van der Waals surface area contributed by atoms with Gasteiger partial charge in [-0.15, -0.1) is 0 Å². The first-order valence-electron chi connectivity index (χ1n) is 9.48. The second kappa shape index (κ2) is 9.59. The van der Waals surface area contributed by atoms with E-state index >= 15 is 0 Å². The summed E-state index contributed by atoms with van der Waals surface area (Å²) in [5, 5.41) is 6.18. The molecule has 0 aliphatic carbocycles. The van der Waals surface area contributed by atoms with Crippen molar-refractivity contribution in [2.24, 2.45) is 0 Å². The SMILES string of the molecule is COc1ccc(CCNC(=O)c2cccc(Nc3cccc(N(C)C)c3)n2)cc1. The minimum atomic E-state index is -0.191. The molecule has 6 heteroatoms. The van der Waals surface area contributed by atoms with Crippen molar-refractivity contribution in [3.05, 3.63) is 78.0 Å². The van der Waals surface area contributed by atoms with Gasteiger partial charge in [0.2, 0.25) is 0 Å². The molecule has 0 unspecified atom stereocenters. The molecule has 2 N–H and O–H groups in total. The fourth-order valence-electron chi connectivity index (χ4n) is 2.84. The van der Waals surface area contributed by atoms with Gasteiger partial charge < -0.3 is 20.3 Å². The number of hydrogen-bond acceptors (Lipinski definition) is 5. The minimum Gasteiger partial charge on any atom is -0.497 e. The number of hydrogen-bond donors (Lipinski definition) is 2. The normalized spacial score (nSPS) is 10.3. The van der Waals surface area contributed by atoms with Gasteiger partial charge in [0.15, 0.2) is 0 Å². The molecule has 0 atom stereocenters. The molecule has 0 spiro atoms. The van der Waals surface area contributed by atoms with E-state index in [4.69, 9.17) is 4.74 Å². The lowest BCUT2D eigenvalue weighted by Gasteiger charge is -2.14. The van der Waals surface area contributed by atoms with Crippen molar-refractivity contribution in [3.63, 3.8) is 0 Å². The number of nitrogens with one attached hydrogen (secondary N) is 2. The summed E-state index contributed by atoms with van der Waals surface area (Å²) in [6, 6.07) is 21.2. The number of aromatic nitrogens is 1. The molecular weight excluding hydrogens is 364 g/mol. The van der Waals surface area contributed by atoms with Crippen molar-refractivity contribution in [2.45, 2.75) is 6.42 Å². The molecule has 1 amide bonds. The Hall–Kier alpha value is -3.54. The second-order valence-electron chi connectivity index (χ2n) is 6.83. The fourth-order valence-corrected chi connectivity index (χ4v) is 2.84. The van der Waals surface area contributed by atoms with Crippen LogP contribution in [0.3, 0.4) is 0 Å². The summed E-state index contributed by atoms with van der Waals surface area (Å²) < 4.78 is 5.16. The van der Waals surface area contributed by atoms with Crippen LogP contribution in [0.2, 0.25) is 0 Å². The Balaban J connectivity index is 1.58. The van der Waals surface area contributed by atoms with Crippen LogP contribution in [0, 0.1) is 0 Å². The van der Waals surface area contributed by atoms with E-state index in [1.807, 2.05) is 79.7 Å². The van der Waals surface area contributed by atoms with Crippen molar-refractivity contribution in [1.82, 2.24) is 10.3 Å². The molecule has 0 fully saturated rings. The zero-order valence-electron chi connectivity index (χ0n) is 17.0. The molecule has 0 radical (unpaired) electrons. The summed E-state index contributed by atoms with van der Waals surface area (Å²) in [4.78, 5) is 18.9. The number of pyridine rings is 1. The smallest absolute Gasteiger partial charge is 0.269 e. The van der Waals surface area contributed by atoms with Crippen LogP contribution in [0.1, 0.15) is 16.1 Å². The maximum atomic E-state index is 12.5. The van der Waals surface area contributed by atoms with Crippen molar-refractivity contribution in [2.75, 3.05) is 38.0 Å². The van der Waals surface area contributed by atoms with Gasteiger partial charge in [0.05, 0.1) is 7.11 Å². The van der Waals surface area contributed by atoms with Gasteiger partial charge in [0, 0.05) is 32.0 Å². The first kappa shape index (κ1) is 20.2. The standard InChI is InChI=1S/C23H26N4O2/c1-27(2)19-7-4-6-18(16-19)25-22-9-5-8-21(26-22)23(28)24-15-14-17-10-12-20(29-3)13-11-17/h4-13,16H,14-15H2,1-3H3,(H,24,28)(H,25,26). The fraction of sp³-hybridized carbons (Fsp3) is 0.217. The number of carbonyl (C=O) groups is 1. The molecule has 6 nitrogen and oxygen atoms in total. The number of rotatable bonds is 8. The Morgan fingerprint density at radius 1 is 1.03 bits per heavy atom. The van der Waals surface area contributed by atoms with Gasteiger partial charge in [-0.2, -0.15) is 0 Å². The van der Waals surface area contributed by atoms with E-state index in [2.05, 4.69) is 15.6 Å². The van der Waals surface area contributed by atoms with Crippen LogP contribution in [0.4, 0.5) is 17.2 Å². The van der Waals surface area contributed by atoms with Gasteiger partial charge in [-0.05, 0) is 54.4 Å². The number of nitrogens with zero attached hydrogens (tertiary/aromatic N) is 2. The molecule has 1 heterocycles. The Morgan fingerprint density at radius 3 is 2.52 bits per heavy atom. The lowest BCUT2D eigenvalue weighted by atomic mass is 10.1. The number of anilines is 3. The molecule has 0 bridgehead atoms. The highest BCUT2D eigenvalue weighted by atomic mass is 16.5. The molecule has 0 saturated carbocycles. The van der Waals surface area contributed by atoms with Crippen molar-refractivity contribution < 1.29 is 9.53 Å². The van der Waals surface area contributed by atoms with Crippen LogP contribution in [-0.4, -0.2) is 38.6 Å². The highest BCUT2D eigenvalue weighted by molar-refractivity contribution is 5.92. The van der Waals surface area contributed by atoms with Gasteiger partial charge in [0.1, 0.15) is 17.3 Å². The summed E-state index contributed by atoms with van der Waals surface area (Å²) >= 11 is 0. The number of methoxy groups -OCH3 is 1. The van der Waals surface area contributed by atoms with Crippen LogP contribution in [0.15, 0.2) is 66.7 Å². The Labute approximate surface area is 171 Å². The molecule has 150 valence electrons. The quantitative estimate of drug-likeness (QED) is 0.611. The van der Waals surface area contributed by atoms with E-state index in [-0.39, 0.29) is 5.91 Å². The molecule has 3 aromatic rings. The number of amides is 1. The maximum Gasteiger partial charge on any atom is 0.269 e. The summed E-state index contributed by atoms with van der Waals surface area (Å²) in [5.41, 5.74) is 3.52. The third-order valence-corrected chi connectivity index (χ3v) is 4.47. The third kappa shape index (κ3) is 5.72. The second-order valence-corrected chi connectivity index (χ2v) is 6.83. The summed E-state index contributed by atoms with van der Waals surface area (Å²) in [6.45, 7) is 0.537. The molecule has 0 aliphatic heterocycles. The van der Waals surface area contributed by atoms with Gasteiger partial charge >= 0.3 is 0 Å². The van der Waals surface area contributed by atoms with E-state index in [9.17, 15) is 4.79 Å². The van der Waals surface area contributed by atoms with Gasteiger partial charge in [-0.25, -0.2) is 4.98 Å². The molecule has 0 saturated heterocycles. The molecular formula is C23H26N4O2. The summed E-state index contributed by atoms with van der Waals surface area (Å²) in [7, 11) is 5.63. The maximum absolute atomic E-state index is 12.5. The molecule has 29 heavy (non-hydrogen) atoms. The highest BCUT2D eigenvalue weighted by Crippen LogP contribution is 2.20. The Bertz CT molecular complexity index is 955. The lowest BCUT2D eigenvalue weighted by Crippen LogP contribution is -2.26. The third-order valence-electron chi connectivity index (χ3n) is 4.47.